The van der Waals surface area contributed by atoms with Gasteiger partial charge in [-0.1, -0.05) is 22.0 Å². The summed E-state index contributed by atoms with van der Waals surface area (Å²) in [6.45, 7) is 3.35. The molecule has 1 aromatic carbocycles. The van der Waals surface area contributed by atoms with E-state index in [1.165, 1.54) is 28.4 Å². The van der Waals surface area contributed by atoms with Gasteiger partial charge < -0.3 is 5.32 Å². The molecule has 1 heterocycles. The Morgan fingerprint density at radius 2 is 2.31 bits per heavy atom. The highest BCUT2D eigenvalue weighted by Crippen LogP contribution is 2.27. The second-order valence-electron chi connectivity index (χ2n) is 3.65. The van der Waals surface area contributed by atoms with Crippen molar-refractivity contribution >= 4 is 15.9 Å². The Labute approximate surface area is 87.7 Å². The minimum atomic E-state index is 0.581. The van der Waals surface area contributed by atoms with E-state index in [0.29, 0.717) is 6.04 Å². The van der Waals surface area contributed by atoms with E-state index in [4.69, 9.17) is 0 Å². The third-order valence-electron chi connectivity index (χ3n) is 2.68. The fraction of sp³-hybridized carbons (Fsp3) is 0.455. The monoisotopic (exact) mass is 239 g/mol. The standard InChI is InChI=1S/C11H14BrN/c1-8-4-5-9(12)7-10(8)11-3-2-6-13-11/h4-5,7,11,13H,2-3,6H2,1H3/t11-/m0/s1. The lowest BCUT2D eigenvalue weighted by Crippen LogP contribution is -2.13. The van der Waals surface area contributed by atoms with Gasteiger partial charge in [0, 0.05) is 10.5 Å². The van der Waals surface area contributed by atoms with E-state index in [2.05, 4.69) is 46.4 Å². The molecular weight excluding hydrogens is 226 g/mol. The molecule has 1 atom stereocenters. The van der Waals surface area contributed by atoms with Crippen LogP contribution in [0.2, 0.25) is 0 Å². The second kappa shape index (κ2) is 3.81. The van der Waals surface area contributed by atoms with E-state index in [1.54, 1.807) is 0 Å². The first kappa shape index (κ1) is 9.22. The Bertz CT molecular complexity index is 303. The van der Waals surface area contributed by atoms with Crippen molar-refractivity contribution in [3.63, 3.8) is 0 Å². The van der Waals surface area contributed by atoms with Crippen molar-refractivity contribution in [2.45, 2.75) is 25.8 Å². The second-order valence-corrected chi connectivity index (χ2v) is 4.57. The maximum absolute atomic E-state index is 3.52. The molecule has 0 unspecified atom stereocenters. The zero-order chi connectivity index (χ0) is 9.26. The minimum absolute atomic E-state index is 0.581. The molecule has 1 aliphatic heterocycles. The first-order valence-corrected chi connectivity index (χ1v) is 5.56. The number of hydrogen-bond acceptors (Lipinski definition) is 1. The number of hydrogen-bond donors (Lipinski definition) is 1. The molecule has 13 heavy (non-hydrogen) atoms. The summed E-state index contributed by atoms with van der Waals surface area (Å²) in [7, 11) is 0. The van der Waals surface area contributed by atoms with Crippen LogP contribution in [0.3, 0.4) is 0 Å². The van der Waals surface area contributed by atoms with Crippen molar-refractivity contribution in [3.05, 3.63) is 33.8 Å². The van der Waals surface area contributed by atoms with Crippen LogP contribution in [0.5, 0.6) is 0 Å². The summed E-state index contributed by atoms with van der Waals surface area (Å²) in [6, 6.07) is 7.10. The molecule has 0 saturated carbocycles. The van der Waals surface area contributed by atoms with E-state index in [9.17, 15) is 0 Å². The Balaban J connectivity index is 2.32. The van der Waals surface area contributed by atoms with E-state index >= 15 is 0 Å². The summed E-state index contributed by atoms with van der Waals surface area (Å²) in [6.07, 6.45) is 2.58. The van der Waals surface area contributed by atoms with Crippen molar-refractivity contribution in [1.82, 2.24) is 5.32 Å². The number of nitrogens with one attached hydrogen (secondary N) is 1. The molecule has 1 aromatic rings. The summed E-state index contributed by atoms with van der Waals surface area (Å²) in [5.74, 6) is 0. The Morgan fingerprint density at radius 1 is 1.46 bits per heavy atom. The fourth-order valence-corrected chi connectivity index (χ4v) is 2.32. The highest BCUT2D eigenvalue weighted by molar-refractivity contribution is 9.10. The summed E-state index contributed by atoms with van der Waals surface area (Å²) in [4.78, 5) is 0. The summed E-state index contributed by atoms with van der Waals surface area (Å²) in [5, 5.41) is 3.52. The number of aryl methyl sites for hydroxylation is 1. The molecule has 1 nitrogen and oxygen atoms in total. The minimum Gasteiger partial charge on any atom is -0.310 e. The smallest absolute Gasteiger partial charge is 0.0323 e. The van der Waals surface area contributed by atoms with Crippen molar-refractivity contribution in [2.24, 2.45) is 0 Å². The molecule has 1 N–H and O–H groups in total. The quantitative estimate of drug-likeness (QED) is 0.794. The van der Waals surface area contributed by atoms with Crippen molar-refractivity contribution in [3.8, 4) is 0 Å². The highest BCUT2D eigenvalue weighted by Gasteiger charge is 2.17. The van der Waals surface area contributed by atoms with Gasteiger partial charge in [-0.05, 0) is 49.6 Å². The van der Waals surface area contributed by atoms with E-state index in [0.717, 1.165) is 6.54 Å². The molecule has 0 radical (unpaired) electrons. The van der Waals surface area contributed by atoms with Gasteiger partial charge in [0.25, 0.3) is 0 Å². The number of rotatable bonds is 1. The Hall–Kier alpha value is -0.340. The molecule has 2 heteroatoms. The molecule has 70 valence electrons. The van der Waals surface area contributed by atoms with Gasteiger partial charge >= 0.3 is 0 Å². The Morgan fingerprint density at radius 3 is 3.00 bits per heavy atom. The van der Waals surface area contributed by atoms with Crippen LogP contribution < -0.4 is 5.32 Å². The SMILES string of the molecule is Cc1ccc(Br)cc1[C@@H]1CCCN1. The summed E-state index contributed by atoms with van der Waals surface area (Å²) in [5.41, 5.74) is 2.84. The van der Waals surface area contributed by atoms with E-state index in [1.807, 2.05) is 0 Å². The molecular formula is C11H14BrN. The van der Waals surface area contributed by atoms with Crippen LogP contribution in [0.1, 0.15) is 30.0 Å². The normalized spacial score (nSPS) is 22.2. The van der Waals surface area contributed by atoms with Crippen molar-refractivity contribution < 1.29 is 0 Å². The predicted octanol–water partition coefficient (Wildman–Crippen LogP) is 3.18. The van der Waals surface area contributed by atoms with Gasteiger partial charge in [0.05, 0.1) is 0 Å². The van der Waals surface area contributed by atoms with Crippen LogP contribution in [-0.2, 0) is 0 Å². The largest absolute Gasteiger partial charge is 0.310 e. The van der Waals surface area contributed by atoms with Gasteiger partial charge in [0.15, 0.2) is 0 Å². The van der Waals surface area contributed by atoms with Crippen LogP contribution >= 0.6 is 15.9 Å². The van der Waals surface area contributed by atoms with Gasteiger partial charge in [-0.3, -0.25) is 0 Å². The molecule has 1 fully saturated rings. The van der Waals surface area contributed by atoms with Crippen LogP contribution in [0.15, 0.2) is 22.7 Å². The molecule has 1 saturated heterocycles. The number of benzene rings is 1. The third-order valence-corrected chi connectivity index (χ3v) is 3.17. The lowest BCUT2D eigenvalue weighted by Gasteiger charge is -2.13. The van der Waals surface area contributed by atoms with Crippen LogP contribution in [-0.4, -0.2) is 6.54 Å². The van der Waals surface area contributed by atoms with Gasteiger partial charge in [-0.25, -0.2) is 0 Å². The Kier molecular flexibility index (Phi) is 2.70. The first-order chi connectivity index (χ1) is 6.27. The molecule has 2 rings (SSSR count). The third kappa shape index (κ3) is 1.94. The van der Waals surface area contributed by atoms with Gasteiger partial charge in [0.1, 0.15) is 0 Å². The average Bonchev–Trinajstić information content (AvgIpc) is 2.61. The summed E-state index contributed by atoms with van der Waals surface area (Å²) < 4.78 is 1.18. The molecule has 0 amide bonds. The zero-order valence-electron chi connectivity index (χ0n) is 7.81. The van der Waals surface area contributed by atoms with Crippen molar-refractivity contribution in [1.29, 1.82) is 0 Å². The van der Waals surface area contributed by atoms with Crippen molar-refractivity contribution in [2.75, 3.05) is 6.54 Å². The lowest BCUT2D eigenvalue weighted by molar-refractivity contribution is 0.643. The topological polar surface area (TPSA) is 12.0 Å². The van der Waals surface area contributed by atoms with Crippen LogP contribution in [0.4, 0.5) is 0 Å². The van der Waals surface area contributed by atoms with E-state index in [-0.39, 0.29) is 0 Å². The fourth-order valence-electron chi connectivity index (χ4n) is 1.94. The molecule has 1 aliphatic rings. The van der Waals surface area contributed by atoms with Gasteiger partial charge in [-0.2, -0.15) is 0 Å². The molecule has 0 spiro atoms. The molecule has 0 bridgehead atoms. The van der Waals surface area contributed by atoms with Gasteiger partial charge in [-0.15, -0.1) is 0 Å². The molecule has 0 aliphatic carbocycles. The average molecular weight is 240 g/mol. The van der Waals surface area contributed by atoms with E-state index < -0.39 is 0 Å². The molecule has 0 aromatic heterocycles. The maximum Gasteiger partial charge on any atom is 0.0323 e. The van der Waals surface area contributed by atoms with Crippen LogP contribution in [0.25, 0.3) is 0 Å². The predicted molar refractivity (Wildman–Crippen MR) is 58.9 cm³/mol. The lowest BCUT2D eigenvalue weighted by atomic mass is 10.0. The number of halogens is 1. The van der Waals surface area contributed by atoms with Crippen LogP contribution in [0, 0.1) is 6.92 Å². The summed E-state index contributed by atoms with van der Waals surface area (Å²) >= 11 is 3.52. The zero-order valence-corrected chi connectivity index (χ0v) is 9.39. The first-order valence-electron chi connectivity index (χ1n) is 4.77. The maximum atomic E-state index is 3.52. The highest BCUT2D eigenvalue weighted by atomic mass is 79.9. The van der Waals surface area contributed by atoms with Gasteiger partial charge in [0.2, 0.25) is 0 Å².